The molecule has 2 aromatic heterocycles. The standard InChI is InChI=1S/C22H22N.C20H18N.Ir/c1-22(2,3)20-11-7-10-19(16-20)21-15-18(12-13-23-21)14-17-8-5-4-6-9-17;1-20(2,17-11-7-4-8-12-17)18-13-14-19(21-15-18)16-9-5-3-6-10-16;/h4-9,11-13,15-16H,14H2,1-3H3;3-9,11-15H,1-2H3;/q2*-1;/i14D2;;. The Morgan fingerprint density at radius 2 is 1.27 bits per heavy atom. The molecule has 0 N–H and O–H groups in total. The minimum Gasteiger partial charge on any atom is -0.305 e. The maximum atomic E-state index is 8.54. The van der Waals surface area contributed by atoms with Crippen molar-refractivity contribution in [1.29, 1.82) is 0 Å². The number of hydrogen-bond acceptors (Lipinski definition) is 2. The van der Waals surface area contributed by atoms with Crippen molar-refractivity contribution >= 4 is 0 Å². The van der Waals surface area contributed by atoms with Crippen molar-refractivity contribution in [2.45, 2.75) is 51.8 Å². The SMILES string of the molecule is CC(C)(c1ccccc1)c1ccc(-c2[c-]cccc2)nc1.[2H]C([2H])(c1ccccc1)c1ccnc(-c2[c-]ccc(C(C)(C)C)c2)c1.[Ir]. The third-order valence-corrected chi connectivity index (χ3v) is 7.73. The van der Waals surface area contributed by atoms with Crippen LogP contribution in [0.1, 0.15) is 65.2 Å². The van der Waals surface area contributed by atoms with Crippen LogP contribution in [0.3, 0.4) is 0 Å². The minimum absolute atomic E-state index is 0. The Morgan fingerprint density at radius 1 is 0.578 bits per heavy atom. The average Bonchev–Trinajstić information content (AvgIpc) is 3.09. The summed E-state index contributed by atoms with van der Waals surface area (Å²) in [6.45, 7) is 11.0. The number of pyridine rings is 2. The first-order valence-corrected chi connectivity index (χ1v) is 15.0. The van der Waals surface area contributed by atoms with Crippen LogP contribution in [0.5, 0.6) is 0 Å². The van der Waals surface area contributed by atoms with E-state index in [1.54, 1.807) is 12.3 Å². The molecule has 1 radical (unpaired) electrons. The molecule has 6 rings (SSSR count). The van der Waals surface area contributed by atoms with Crippen LogP contribution in [0.25, 0.3) is 22.5 Å². The zero-order valence-electron chi connectivity index (χ0n) is 28.5. The van der Waals surface area contributed by atoms with Gasteiger partial charge in [0.1, 0.15) is 0 Å². The fourth-order valence-corrected chi connectivity index (χ4v) is 4.92. The molecule has 0 unspecified atom stereocenters. The molecule has 0 aliphatic heterocycles. The first-order valence-electron chi connectivity index (χ1n) is 16.0. The maximum Gasteiger partial charge on any atom is 0.0365 e. The number of hydrogen-bond donors (Lipinski definition) is 0. The second kappa shape index (κ2) is 15.2. The molecule has 0 spiro atoms. The van der Waals surface area contributed by atoms with Crippen molar-refractivity contribution < 1.29 is 22.8 Å². The summed E-state index contributed by atoms with van der Waals surface area (Å²) < 4.78 is 17.1. The Hall–Kier alpha value is -4.17. The van der Waals surface area contributed by atoms with Gasteiger partial charge in [0.05, 0.1) is 0 Å². The van der Waals surface area contributed by atoms with E-state index < -0.39 is 6.37 Å². The van der Waals surface area contributed by atoms with Gasteiger partial charge in [0.15, 0.2) is 0 Å². The quantitative estimate of drug-likeness (QED) is 0.158. The molecule has 2 nitrogen and oxygen atoms in total. The molecule has 0 aliphatic rings. The van der Waals surface area contributed by atoms with Gasteiger partial charge in [-0.15, -0.1) is 71.3 Å². The molecule has 0 fully saturated rings. The van der Waals surface area contributed by atoms with Crippen LogP contribution in [-0.4, -0.2) is 9.97 Å². The molecule has 0 amide bonds. The molecule has 6 aromatic rings. The van der Waals surface area contributed by atoms with Crippen molar-refractivity contribution in [3.63, 3.8) is 0 Å². The molecule has 0 saturated carbocycles. The molecule has 3 heteroatoms. The molecule has 2 heterocycles. The maximum absolute atomic E-state index is 8.54. The van der Waals surface area contributed by atoms with E-state index in [2.05, 4.69) is 105 Å². The van der Waals surface area contributed by atoms with E-state index in [1.165, 1.54) is 16.7 Å². The van der Waals surface area contributed by atoms with Gasteiger partial charge in [0.25, 0.3) is 0 Å². The second-order valence-corrected chi connectivity index (χ2v) is 12.4. The molecule has 0 bridgehead atoms. The van der Waals surface area contributed by atoms with Gasteiger partial charge in [-0.2, -0.15) is 0 Å². The molecule has 0 saturated heterocycles. The topological polar surface area (TPSA) is 25.8 Å². The third-order valence-electron chi connectivity index (χ3n) is 7.73. The van der Waals surface area contributed by atoms with Gasteiger partial charge in [-0.05, 0) is 51.5 Å². The van der Waals surface area contributed by atoms with Crippen molar-refractivity contribution in [1.82, 2.24) is 9.97 Å². The Labute approximate surface area is 285 Å². The summed E-state index contributed by atoms with van der Waals surface area (Å²) in [6.07, 6.45) is 2.08. The van der Waals surface area contributed by atoms with Crippen LogP contribution in [0.4, 0.5) is 0 Å². The third kappa shape index (κ3) is 8.94. The molecule has 45 heavy (non-hydrogen) atoms. The van der Waals surface area contributed by atoms with Gasteiger partial charge < -0.3 is 9.97 Å². The Morgan fingerprint density at radius 3 is 1.91 bits per heavy atom. The van der Waals surface area contributed by atoms with Gasteiger partial charge in [0, 0.05) is 40.7 Å². The summed E-state index contributed by atoms with van der Waals surface area (Å²) in [6, 6.07) is 48.0. The van der Waals surface area contributed by atoms with Gasteiger partial charge in [-0.1, -0.05) is 113 Å². The summed E-state index contributed by atoms with van der Waals surface area (Å²) in [5, 5.41) is 0. The van der Waals surface area contributed by atoms with E-state index in [0.29, 0.717) is 11.1 Å². The van der Waals surface area contributed by atoms with Crippen molar-refractivity contribution in [2.75, 3.05) is 0 Å². The van der Waals surface area contributed by atoms with Gasteiger partial charge in [-0.25, -0.2) is 0 Å². The van der Waals surface area contributed by atoms with Crippen LogP contribution in [-0.2, 0) is 37.3 Å². The number of rotatable bonds is 6. The normalized spacial score (nSPS) is 12.1. The molecular weight excluding hydrogens is 725 g/mol. The van der Waals surface area contributed by atoms with Crippen molar-refractivity contribution in [3.8, 4) is 22.5 Å². The van der Waals surface area contributed by atoms with Crippen LogP contribution < -0.4 is 0 Å². The van der Waals surface area contributed by atoms with Crippen LogP contribution in [0.15, 0.2) is 140 Å². The predicted octanol–water partition coefficient (Wildman–Crippen LogP) is 10.3. The van der Waals surface area contributed by atoms with Gasteiger partial charge >= 0.3 is 0 Å². The van der Waals surface area contributed by atoms with Crippen molar-refractivity contribution in [3.05, 3.63) is 180 Å². The molecule has 4 aromatic carbocycles. The number of nitrogens with zero attached hydrogens (tertiary/aromatic N) is 2. The first-order chi connectivity index (χ1) is 22.0. The van der Waals surface area contributed by atoms with Crippen LogP contribution >= 0.6 is 0 Å². The average molecular weight is 767 g/mol. The minimum atomic E-state index is -1.57. The Bertz CT molecular complexity index is 1850. The predicted molar refractivity (Wildman–Crippen MR) is 184 cm³/mol. The zero-order valence-corrected chi connectivity index (χ0v) is 28.9. The summed E-state index contributed by atoms with van der Waals surface area (Å²) in [4.78, 5) is 9.05. The van der Waals surface area contributed by atoms with E-state index in [1.807, 2.05) is 79.0 Å². The van der Waals surface area contributed by atoms with Gasteiger partial charge in [0.2, 0.25) is 0 Å². The van der Waals surface area contributed by atoms with E-state index in [9.17, 15) is 0 Å². The van der Waals surface area contributed by atoms with Gasteiger partial charge in [-0.3, -0.25) is 0 Å². The molecule has 0 aliphatic carbocycles. The Kier molecular flexibility index (Phi) is 10.4. The molecular formula is C42H40IrN2-2. The summed E-state index contributed by atoms with van der Waals surface area (Å²) in [5.41, 5.74) is 8.57. The Balaban J connectivity index is 0.000000211. The van der Waals surface area contributed by atoms with E-state index >= 15 is 0 Å². The summed E-state index contributed by atoms with van der Waals surface area (Å²) in [5.74, 6) is 0. The zero-order chi connectivity index (χ0) is 32.8. The second-order valence-electron chi connectivity index (χ2n) is 12.4. The number of benzene rings is 4. The van der Waals surface area contributed by atoms with Crippen LogP contribution in [0.2, 0.25) is 0 Å². The van der Waals surface area contributed by atoms with E-state index in [4.69, 9.17) is 2.74 Å². The van der Waals surface area contributed by atoms with E-state index in [0.717, 1.165) is 22.5 Å². The summed E-state index contributed by atoms with van der Waals surface area (Å²) >= 11 is 0. The molecule has 229 valence electrons. The smallest absolute Gasteiger partial charge is 0.0365 e. The number of aromatic nitrogens is 2. The fourth-order valence-electron chi connectivity index (χ4n) is 4.92. The van der Waals surface area contributed by atoms with E-state index in [-0.39, 0.29) is 30.9 Å². The molecule has 0 atom stereocenters. The fraction of sp³-hybridized carbons (Fsp3) is 0.190. The largest absolute Gasteiger partial charge is 0.305 e. The van der Waals surface area contributed by atoms with Crippen LogP contribution in [0, 0.1) is 12.1 Å². The monoisotopic (exact) mass is 767 g/mol. The van der Waals surface area contributed by atoms with Crippen molar-refractivity contribution in [2.24, 2.45) is 0 Å². The first kappa shape index (κ1) is 30.8. The summed E-state index contributed by atoms with van der Waals surface area (Å²) in [7, 11) is 0.